The van der Waals surface area contributed by atoms with Gasteiger partial charge < -0.3 is 10.2 Å². The third kappa shape index (κ3) is 1.99. The van der Waals surface area contributed by atoms with Gasteiger partial charge in [-0.05, 0) is 12.1 Å². The molecule has 0 spiro atoms. The van der Waals surface area contributed by atoms with Crippen LogP contribution in [-0.4, -0.2) is 30.5 Å². The maximum Gasteiger partial charge on any atom is 0.239 e. The first-order valence-corrected chi connectivity index (χ1v) is 6.17. The zero-order chi connectivity index (χ0) is 12.5. The van der Waals surface area contributed by atoms with Crippen LogP contribution in [0.2, 0.25) is 5.02 Å². The van der Waals surface area contributed by atoms with Crippen molar-refractivity contribution in [1.29, 1.82) is 0 Å². The number of piperazine rings is 1. The highest BCUT2D eigenvalue weighted by Crippen LogP contribution is 2.27. The van der Waals surface area contributed by atoms with Crippen LogP contribution in [0.3, 0.4) is 0 Å². The number of halogens is 1. The Bertz CT molecular complexity index is 614. The van der Waals surface area contributed by atoms with E-state index >= 15 is 0 Å². The van der Waals surface area contributed by atoms with Gasteiger partial charge in [0.1, 0.15) is 0 Å². The highest BCUT2D eigenvalue weighted by Gasteiger charge is 2.16. The normalized spacial score (nSPS) is 15.8. The number of carbonyl (C=O) groups excluding carboxylic acids is 1. The molecule has 1 aliphatic rings. The molecule has 5 heteroatoms. The quantitative estimate of drug-likeness (QED) is 0.852. The highest BCUT2D eigenvalue weighted by molar-refractivity contribution is 6.35. The fourth-order valence-corrected chi connectivity index (χ4v) is 2.39. The van der Waals surface area contributed by atoms with E-state index in [4.69, 9.17) is 11.6 Å². The van der Waals surface area contributed by atoms with Gasteiger partial charge in [0.25, 0.3) is 0 Å². The van der Waals surface area contributed by atoms with Gasteiger partial charge in [-0.25, -0.2) is 0 Å². The predicted octanol–water partition coefficient (Wildman–Crippen LogP) is 1.82. The number of aromatic nitrogens is 1. The zero-order valence-electron chi connectivity index (χ0n) is 9.69. The SMILES string of the molecule is O=C1CN(c2ccc3cncc(Cl)c3c2)CCN1. The third-order valence-electron chi connectivity index (χ3n) is 3.10. The summed E-state index contributed by atoms with van der Waals surface area (Å²) in [6.45, 7) is 1.90. The van der Waals surface area contributed by atoms with Crippen LogP contribution in [0, 0.1) is 0 Å². The van der Waals surface area contributed by atoms with Gasteiger partial charge in [0.2, 0.25) is 5.91 Å². The van der Waals surface area contributed by atoms with E-state index in [0.29, 0.717) is 18.1 Å². The van der Waals surface area contributed by atoms with Crippen molar-refractivity contribution in [3.05, 3.63) is 35.6 Å². The summed E-state index contributed by atoms with van der Waals surface area (Å²) in [7, 11) is 0. The van der Waals surface area contributed by atoms with Gasteiger partial charge in [-0.3, -0.25) is 9.78 Å². The minimum absolute atomic E-state index is 0.0576. The number of amides is 1. The molecule has 1 fully saturated rings. The van der Waals surface area contributed by atoms with Gasteiger partial charge in [0.15, 0.2) is 0 Å². The molecule has 1 N–H and O–H groups in total. The Labute approximate surface area is 110 Å². The molecule has 1 aliphatic heterocycles. The van der Waals surface area contributed by atoms with Gasteiger partial charge in [-0.1, -0.05) is 17.7 Å². The summed E-state index contributed by atoms with van der Waals surface area (Å²) in [6, 6.07) is 5.99. The number of benzene rings is 1. The van der Waals surface area contributed by atoms with Gasteiger partial charge in [-0.15, -0.1) is 0 Å². The topological polar surface area (TPSA) is 45.2 Å². The van der Waals surface area contributed by atoms with Crippen molar-refractivity contribution < 1.29 is 4.79 Å². The number of rotatable bonds is 1. The molecule has 1 saturated heterocycles. The molecule has 0 aliphatic carbocycles. The average Bonchev–Trinajstić information content (AvgIpc) is 2.39. The first-order valence-electron chi connectivity index (χ1n) is 5.79. The molecule has 1 amide bonds. The van der Waals surface area contributed by atoms with Gasteiger partial charge in [0.05, 0.1) is 11.6 Å². The Balaban J connectivity index is 2.02. The number of hydrogen-bond acceptors (Lipinski definition) is 3. The predicted molar refractivity (Wildman–Crippen MR) is 72.0 cm³/mol. The molecule has 4 nitrogen and oxygen atoms in total. The van der Waals surface area contributed by atoms with Gasteiger partial charge >= 0.3 is 0 Å². The van der Waals surface area contributed by atoms with Crippen molar-refractivity contribution in [3.63, 3.8) is 0 Å². The Morgan fingerprint density at radius 2 is 2.22 bits per heavy atom. The molecule has 0 bridgehead atoms. The standard InChI is InChI=1S/C13H12ClN3O/c14-12-7-15-6-9-1-2-10(5-11(9)12)17-4-3-16-13(18)8-17/h1-2,5-7H,3-4,8H2,(H,16,18). The summed E-state index contributed by atoms with van der Waals surface area (Å²) < 4.78 is 0. The summed E-state index contributed by atoms with van der Waals surface area (Å²) in [6.07, 6.45) is 3.42. The average molecular weight is 262 g/mol. The second kappa shape index (κ2) is 4.46. The number of hydrogen-bond donors (Lipinski definition) is 1. The van der Waals surface area contributed by atoms with E-state index < -0.39 is 0 Å². The van der Waals surface area contributed by atoms with E-state index in [1.54, 1.807) is 12.4 Å². The summed E-state index contributed by atoms with van der Waals surface area (Å²) in [5.41, 5.74) is 1.02. The highest BCUT2D eigenvalue weighted by atomic mass is 35.5. The van der Waals surface area contributed by atoms with Crippen LogP contribution in [0.1, 0.15) is 0 Å². The second-order valence-corrected chi connectivity index (χ2v) is 4.71. The number of carbonyl (C=O) groups is 1. The fraction of sp³-hybridized carbons (Fsp3) is 0.231. The minimum atomic E-state index is 0.0576. The number of nitrogens with one attached hydrogen (secondary N) is 1. The molecule has 1 aromatic carbocycles. The van der Waals surface area contributed by atoms with Crippen molar-refractivity contribution in [1.82, 2.24) is 10.3 Å². The molecular formula is C13H12ClN3O. The minimum Gasteiger partial charge on any atom is -0.360 e. The monoisotopic (exact) mass is 261 g/mol. The molecule has 2 heterocycles. The maximum absolute atomic E-state index is 11.4. The van der Waals surface area contributed by atoms with Crippen molar-refractivity contribution in [2.75, 3.05) is 24.5 Å². The van der Waals surface area contributed by atoms with E-state index in [-0.39, 0.29) is 5.91 Å². The second-order valence-electron chi connectivity index (χ2n) is 4.30. The summed E-state index contributed by atoms with van der Waals surface area (Å²) in [5, 5.41) is 5.42. The molecule has 3 rings (SSSR count). The lowest BCUT2D eigenvalue weighted by molar-refractivity contribution is -0.120. The molecule has 2 aromatic rings. The summed E-state index contributed by atoms with van der Waals surface area (Å²) in [5.74, 6) is 0.0576. The van der Waals surface area contributed by atoms with Crippen LogP contribution >= 0.6 is 11.6 Å². The maximum atomic E-state index is 11.4. The lowest BCUT2D eigenvalue weighted by Crippen LogP contribution is -2.47. The van der Waals surface area contributed by atoms with Gasteiger partial charge in [-0.2, -0.15) is 0 Å². The molecular weight excluding hydrogens is 250 g/mol. The molecule has 0 atom stereocenters. The van der Waals surface area contributed by atoms with E-state index in [9.17, 15) is 4.79 Å². The Kier molecular flexibility index (Phi) is 2.80. The van der Waals surface area contributed by atoms with Crippen molar-refractivity contribution in [3.8, 4) is 0 Å². The van der Waals surface area contributed by atoms with Crippen LogP contribution in [0.25, 0.3) is 10.8 Å². The van der Waals surface area contributed by atoms with Crippen LogP contribution in [0.4, 0.5) is 5.69 Å². The van der Waals surface area contributed by atoms with E-state index in [2.05, 4.69) is 15.2 Å². The third-order valence-corrected chi connectivity index (χ3v) is 3.40. The summed E-state index contributed by atoms with van der Waals surface area (Å²) in [4.78, 5) is 17.5. The van der Waals surface area contributed by atoms with Crippen LogP contribution in [0.15, 0.2) is 30.6 Å². The zero-order valence-corrected chi connectivity index (χ0v) is 10.4. The molecule has 0 unspecified atom stereocenters. The number of fused-ring (bicyclic) bond motifs is 1. The van der Waals surface area contributed by atoms with Crippen molar-refractivity contribution in [2.45, 2.75) is 0 Å². The van der Waals surface area contributed by atoms with Gasteiger partial charge in [0, 0.05) is 41.9 Å². The van der Waals surface area contributed by atoms with Crippen LogP contribution in [-0.2, 0) is 4.79 Å². The van der Waals surface area contributed by atoms with Crippen LogP contribution in [0.5, 0.6) is 0 Å². The number of nitrogens with zero attached hydrogens (tertiary/aromatic N) is 2. The number of pyridine rings is 1. The van der Waals surface area contributed by atoms with Crippen LogP contribution < -0.4 is 10.2 Å². The Morgan fingerprint density at radius 3 is 3.06 bits per heavy atom. The lowest BCUT2D eigenvalue weighted by Gasteiger charge is -2.28. The largest absolute Gasteiger partial charge is 0.360 e. The van der Waals surface area contributed by atoms with E-state index in [0.717, 1.165) is 23.0 Å². The lowest BCUT2D eigenvalue weighted by atomic mass is 10.1. The van der Waals surface area contributed by atoms with E-state index in [1.807, 2.05) is 18.2 Å². The fourth-order valence-electron chi connectivity index (χ4n) is 2.17. The first-order chi connectivity index (χ1) is 8.74. The molecule has 18 heavy (non-hydrogen) atoms. The first kappa shape index (κ1) is 11.3. The smallest absolute Gasteiger partial charge is 0.239 e. The molecule has 0 saturated carbocycles. The van der Waals surface area contributed by atoms with Crippen molar-refractivity contribution >= 4 is 34.0 Å². The molecule has 1 aromatic heterocycles. The van der Waals surface area contributed by atoms with E-state index in [1.165, 1.54) is 0 Å². The summed E-state index contributed by atoms with van der Waals surface area (Å²) >= 11 is 6.14. The molecule has 92 valence electrons. The number of anilines is 1. The Morgan fingerprint density at radius 1 is 1.33 bits per heavy atom. The Hall–Kier alpha value is -1.81. The van der Waals surface area contributed by atoms with Crippen molar-refractivity contribution in [2.24, 2.45) is 0 Å². The molecule has 0 radical (unpaired) electrons.